The van der Waals surface area contributed by atoms with E-state index in [0.29, 0.717) is 10.6 Å². The third kappa shape index (κ3) is 5.93. The van der Waals surface area contributed by atoms with E-state index < -0.39 is 5.82 Å². The van der Waals surface area contributed by atoms with Crippen molar-refractivity contribution in [2.24, 2.45) is 0 Å². The van der Waals surface area contributed by atoms with Crippen LogP contribution in [0.25, 0.3) is 0 Å². The van der Waals surface area contributed by atoms with Crippen molar-refractivity contribution in [3.63, 3.8) is 0 Å². The average Bonchev–Trinajstić information content (AvgIpc) is 2.50. The summed E-state index contributed by atoms with van der Waals surface area (Å²) < 4.78 is 26.6. The first-order chi connectivity index (χ1) is 10.1. The molecule has 5 heteroatoms. The van der Waals surface area contributed by atoms with Crippen LogP contribution >= 0.6 is 11.8 Å². The minimum absolute atomic E-state index is 0.0997. The van der Waals surface area contributed by atoms with Gasteiger partial charge in [0.25, 0.3) is 0 Å². The second kappa shape index (κ2) is 9.38. The summed E-state index contributed by atoms with van der Waals surface area (Å²) in [5.74, 6) is -0.0909. The molecule has 0 radical (unpaired) electrons. The Morgan fingerprint density at radius 1 is 1.29 bits per heavy atom. The summed E-state index contributed by atoms with van der Waals surface area (Å²) in [5, 5.41) is 13.0. The van der Waals surface area contributed by atoms with Gasteiger partial charge in [-0.15, -0.1) is 11.8 Å². The van der Waals surface area contributed by atoms with Crippen molar-refractivity contribution in [1.82, 2.24) is 5.32 Å². The number of thioether (sulfide) groups is 1. The van der Waals surface area contributed by atoms with E-state index in [-0.39, 0.29) is 18.0 Å². The zero-order valence-electron chi connectivity index (χ0n) is 12.8. The molecule has 0 amide bonds. The zero-order valence-corrected chi connectivity index (χ0v) is 13.6. The van der Waals surface area contributed by atoms with E-state index >= 15 is 0 Å². The van der Waals surface area contributed by atoms with Crippen LogP contribution < -0.4 is 5.32 Å². The lowest BCUT2D eigenvalue weighted by atomic mass is 9.91. The van der Waals surface area contributed by atoms with Crippen LogP contribution in [0.4, 0.5) is 8.78 Å². The smallest absolute Gasteiger partial charge is 0.136 e. The summed E-state index contributed by atoms with van der Waals surface area (Å²) in [5.41, 5.74) is -0.253. The summed E-state index contributed by atoms with van der Waals surface area (Å²) in [6.07, 6.45) is 3.53. The molecule has 0 heterocycles. The molecule has 0 saturated carbocycles. The zero-order chi connectivity index (χ0) is 15.7. The van der Waals surface area contributed by atoms with Crippen LogP contribution in [0, 0.1) is 11.6 Å². The van der Waals surface area contributed by atoms with Crippen molar-refractivity contribution < 1.29 is 13.9 Å². The summed E-state index contributed by atoms with van der Waals surface area (Å²) >= 11 is 1.32. The molecule has 2 nitrogen and oxygen atoms in total. The highest BCUT2D eigenvalue weighted by atomic mass is 32.2. The lowest BCUT2D eigenvalue weighted by molar-refractivity contribution is 0.146. The van der Waals surface area contributed by atoms with Gasteiger partial charge in [-0.3, -0.25) is 0 Å². The predicted octanol–water partition coefficient (Wildman–Crippen LogP) is 3.98. The van der Waals surface area contributed by atoms with E-state index in [1.165, 1.54) is 17.8 Å². The SMILES string of the molecule is CCCNC(CC)(CO)CCCSc1cc(F)ccc1F. The van der Waals surface area contributed by atoms with E-state index in [0.717, 1.165) is 44.4 Å². The fourth-order valence-electron chi connectivity index (χ4n) is 2.21. The molecule has 0 aliphatic heterocycles. The molecule has 1 aromatic rings. The molecule has 0 aliphatic carbocycles. The largest absolute Gasteiger partial charge is 0.394 e. The molecule has 0 spiro atoms. The van der Waals surface area contributed by atoms with E-state index in [2.05, 4.69) is 19.2 Å². The standard InChI is InChI=1S/C16H25F2NOS/c1-3-9-19-16(4-2,12-20)8-5-10-21-15-11-13(17)6-7-14(15)18/h6-7,11,19-20H,3-5,8-10,12H2,1-2H3. The van der Waals surface area contributed by atoms with Crippen molar-refractivity contribution >= 4 is 11.8 Å². The summed E-state index contributed by atoms with van der Waals surface area (Å²) in [4.78, 5) is 0.350. The molecule has 1 unspecified atom stereocenters. The Bertz CT molecular complexity index is 425. The van der Waals surface area contributed by atoms with Gasteiger partial charge in [0.1, 0.15) is 11.6 Å². The van der Waals surface area contributed by atoms with Crippen molar-refractivity contribution in [1.29, 1.82) is 0 Å². The van der Waals surface area contributed by atoms with Crippen LogP contribution in [0.2, 0.25) is 0 Å². The molecule has 0 bridgehead atoms. The van der Waals surface area contributed by atoms with Crippen molar-refractivity contribution in [3.8, 4) is 0 Å². The number of nitrogens with one attached hydrogen (secondary N) is 1. The van der Waals surface area contributed by atoms with E-state index in [9.17, 15) is 13.9 Å². The molecule has 0 saturated heterocycles. The Labute approximate surface area is 130 Å². The van der Waals surface area contributed by atoms with E-state index in [4.69, 9.17) is 0 Å². The molecule has 2 N–H and O–H groups in total. The highest BCUT2D eigenvalue weighted by molar-refractivity contribution is 7.99. The summed E-state index contributed by atoms with van der Waals surface area (Å²) in [7, 11) is 0. The third-order valence-corrected chi connectivity index (χ3v) is 4.80. The average molecular weight is 317 g/mol. The summed E-state index contributed by atoms with van der Waals surface area (Å²) in [6.45, 7) is 5.12. The van der Waals surface area contributed by atoms with Gasteiger partial charge in [-0.1, -0.05) is 13.8 Å². The van der Waals surface area contributed by atoms with Gasteiger partial charge >= 0.3 is 0 Å². The van der Waals surface area contributed by atoms with Crippen LogP contribution in [0.1, 0.15) is 39.5 Å². The molecule has 1 aromatic carbocycles. The predicted molar refractivity (Wildman–Crippen MR) is 84.7 cm³/mol. The van der Waals surface area contributed by atoms with Gasteiger partial charge in [-0.2, -0.15) is 0 Å². The van der Waals surface area contributed by atoms with Gasteiger partial charge in [0.05, 0.1) is 6.61 Å². The van der Waals surface area contributed by atoms with E-state index in [1.54, 1.807) is 0 Å². The minimum Gasteiger partial charge on any atom is -0.394 e. The maximum atomic E-state index is 13.5. The lowest BCUT2D eigenvalue weighted by Gasteiger charge is -2.32. The Morgan fingerprint density at radius 2 is 2.05 bits per heavy atom. The number of hydrogen-bond donors (Lipinski definition) is 2. The molecule has 0 fully saturated rings. The van der Waals surface area contributed by atoms with Crippen LogP contribution in [-0.2, 0) is 0 Å². The number of benzene rings is 1. The van der Waals surface area contributed by atoms with Gasteiger partial charge in [0, 0.05) is 10.4 Å². The first-order valence-electron chi connectivity index (χ1n) is 7.50. The van der Waals surface area contributed by atoms with Crippen LogP contribution in [0.3, 0.4) is 0 Å². The van der Waals surface area contributed by atoms with Crippen LogP contribution in [0.15, 0.2) is 23.1 Å². The van der Waals surface area contributed by atoms with Crippen LogP contribution in [-0.4, -0.2) is 29.5 Å². The number of aliphatic hydroxyl groups excluding tert-OH is 1. The fourth-order valence-corrected chi connectivity index (χ4v) is 3.12. The quantitative estimate of drug-likeness (QED) is 0.506. The van der Waals surface area contributed by atoms with Crippen LogP contribution in [0.5, 0.6) is 0 Å². The summed E-state index contributed by atoms with van der Waals surface area (Å²) in [6, 6.07) is 3.51. The van der Waals surface area contributed by atoms with Crippen molar-refractivity contribution in [2.45, 2.75) is 50.0 Å². The molecule has 1 atom stereocenters. The number of aliphatic hydroxyl groups is 1. The normalized spacial score (nSPS) is 14.1. The molecule has 21 heavy (non-hydrogen) atoms. The highest BCUT2D eigenvalue weighted by Crippen LogP contribution is 2.25. The molecule has 1 rings (SSSR count). The Morgan fingerprint density at radius 3 is 2.67 bits per heavy atom. The Balaban J connectivity index is 2.45. The van der Waals surface area contributed by atoms with Crippen molar-refractivity contribution in [3.05, 3.63) is 29.8 Å². The minimum atomic E-state index is -0.415. The van der Waals surface area contributed by atoms with Gasteiger partial charge < -0.3 is 10.4 Å². The monoisotopic (exact) mass is 317 g/mol. The van der Waals surface area contributed by atoms with Gasteiger partial charge in [-0.25, -0.2) is 8.78 Å². The maximum Gasteiger partial charge on any atom is 0.136 e. The third-order valence-electron chi connectivity index (χ3n) is 3.68. The molecular formula is C16H25F2NOS. The maximum absolute atomic E-state index is 13.5. The van der Waals surface area contributed by atoms with Crippen molar-refractivity contribution in [2.75, 3.05) is 18.9 Å². The fraction of sp³-hybridized carbons (Fsp3) is 0.625. The topological polar surface area (TPSA) is 32.3 Å². The van der Waals surface area contributed by atoms with Gasteiger partial charge in [0.2, 0.25) is 0 Å². The van der Waals surface area contributed by atoms with Gasteiger partial charge in [-0.05, 0) is 56.2 Å². The lowest BCUT2D eigenvalue weighted by Crippen LogP contribution is -2.48. The first kappa shape index (κ1) is 18.4. The Hall–Kier alpha value is -0.650. The molecule has 120 valence electrons. The van der Waals surface area contributed by atoms with E-state index in [1.807, 2.05) is 0 Å². The molecular weight excluding hydrogens is 292 g/mol. The second-order valence-corrected chi connectivity index (χ2v) is 6.38. The second-order valence-electron chi connectivity index (χ2n) is 5.25. The number of halogens is 2. The molecule has 0 aromatic heterocycles. The molecule has 0 aliphatic rings. The number of rotatable bonds is 10. The Kier molecular flexibility index (Phi) is 8.22. The number of hydrogen-bond acceptors (Lipinski definition) is 3. The van der Waals surface area contributed by atoms with Gasteiger partial charge in [0.15, 0.2) is 0 Å². The highest BCUT2D eigenvalue weighted by Gasteiger charge is 2.25. The first-order valence-corrected chi connectivity index (χ1v) is 8.49.